The van der Waals surface area contributed by atoms with Gasteiger partial charge in [0.15, 0.2) is 0 Å². The topological polar surface area (TPSA) is 47.1 Å². The molecule has 1 saturated heterocycles. The molecule has 0 aromatic carbocycles. The minimum atomic E-state index is 0.576. The average Bonchev–Trinajstić information content (AvgIpc) is 2.86. The highest BCUT2D eigenvalue weighted by atomic mass is 15.3. The minimum absolute atomic E-state index is 0.576. The van der Waals surface area contributed by atoms with Crippen molar-refractivity contribution in [1.29, 1.82) is 0 Å². The fourth-order valence-corrected chi connectivity index (χ4v) is 2.66. The van der Waals surface area contributed by atoms with Gasteiger partial charge in [0.1, 0.15) is 0 Å². The van der Waals surface area contributed by atoms with Crippen molar-refractivity contribution in [2.24, 2.45) is 18.7 Å². The fourth-order valence-electron chi connectivity index (χ4n) is 2.66. The molecule has 2 N–H and O–H groups in total. The van der Waals surface area contributed by atoms with Gasteiger partial charge >= 0.3 is 0 Å². The Morgan fingerprint density at radius 3 is 2.82 bits per heavy atom. The predicted octanol–water partition coefficient (Wildman–Crippen LogP) is 1.15. The first-order valence-corrected chi connectivity index (χ1v) is 6.56. The number of hydrogen-bond acceptors (Lipinski definition) is 3. The Kier molecular flexibility index (Phi) is 3.84. The lowest BCUT2D eigenvalue weighted by molar-refractivity contribution is 0.264. The van der Waals surface area contributed by atoms with Gasteiger partial charge < -0.3 is 10.6 Å². The second-order valence-corrected chi connectivity index (χ2v) is 5.40. The van der Waals surface area contributed by atoms with Crippen LogP contribution in [-0.4, -0.2) is 33.8 Å². The molecule has 96 valence electrons. The van der Waals surface area contributed by atoms with E-state index >= 15 is 0 Å². The molecule has 1 unspecified atom stereocenters. The van der Waals surface area contributed by atoms with Crippen molar-refractivity contribution >= 4 is 0 Å². The van der Waals surface area contributed by atoms with E-state index in [4.69, 9.17) is 5.73 Å². The van der Waals surface area contributed by atoms with E-state index in [9.17, 15) is 0 Å². The number of likely N-dealkylation sites (tertiary alicyclic amines) is 1. The first-order valence-electron chi connectivity index (χ1n) is 6.56. The van der Waals surface area contributed by atoms with Crippen LogP contribution in [0.2, 0.25) is 0 Å². The highest BCUT2D eigenvalue weighted by Gasteiger charge is 2.24. The molecule has 1 aromatic heterocycles. The van der Waals surface area contributed by atoms with Gasteiger partial charge in [0, 0.05) is 26.2 Å². The van der Waals surface area contributed by atoms with Crippen molar-refractivity contribution in [2.75, 3.05) is 13.1 Å². The molecule has 1 aliphatic heterocycles. The number of aromatic nitrogens is 2. The Hall–Kier alpha value is -0.870. The molecule has 1 atom stereocenters. The van der Waals surface area contributed by atoms with E-state index in [2.05, 4.69) is 29.9 Å². The molecule has 1 fully saturated rings. The molecular formula is C13H24N4. The van der Waals surface area contributed by atoms with Crippen molar-refractivity contribution in [3.8, 4) is 0 Å². The van der Waals surface area contributed by atoms with E-state index in [0.29, 0.717) is 12.6 Å². The Morgan fingerprint density at radius 1 is 1.53 bits per heavy atom. The van der Waals surface area contributed by atoms with Crippen LogP contribution in [0, 0.1) is 5.92 Å². The molecule has 0 bridgehead atoms. The smallest absolute Gasteiger partial charge is 0.0631 e. The molecule has 2 rings (SSSR count). The maximum absolute atomic E-state index is 5.66. The lowest BCUT2D eigenvalue weighted by Crippen LogP contribution is -2.28. The summed E-state index contributed by atoms with van der Waals surface area (Å²) in [6.07, 6.45) is 2.39. The van der Waals surface area contributed by atoms with Gasteiger partial charge in [0.2, 0.25) is 0 Å². The summed E-state index contributed by atoms with van der Waals surface area (Å²) in [7, 11) is 1.97. The van der Waals surface area contributed by atoms with E-state index < -0.39 is 0 Å². The third kappa shape index (κ3) is 2.87. The molecule has 0 aliphatic carbocycles. The highest BCUT2D eigenvalue weighted by Crippen LogP contribution is 2.22. The maximum atomic E-state index is 5.66. The molecule has 0 saturated carbocycles. The second kappa shape index (κ2) is 5.19. The van der Waals surface area contributed by atoms with Crippen LogP contribution < -0.4 is 5.73 Å². The van der Waals surface area contributed by atoms with Crippen molar-refractivity contribution in [2.45, 2.75) is 39.3 Å². The summed E-state index contributed by atoms with van der Waals surface area (Å²) in [6.45, 7) is 7.57. The molecule has 0 radical (unpaired) electrons. The molecule has 0 spiro atoms. The van der Waals surface area contributed by atoms with Gasteiger partial charge in [-0.25, -0.2) is 0 Å². The molecule has 17 heavy (non-hydrogen) atoms. The Bertz CT molecular complexity index is 369. The zero-order valence-corrected chi connectivity index (χ0v) is 11.2. The van der Waals surface area contributed by atoms with Crippen LogP contribution >= 0.6 is 0 Å². The van der Waals surface area contributed by atoms with Crippen LogP contribution in [0.5, 0.6) is 0 Å². The van der Waals surface area contributed by atoms with Gasteiger partial charge in [-0.1, -0.05) is 0 Å². The average molecular weight is 236 g/mol. The van der Waals surface area contributed by atoms with Gasteiger partial charge in [-0.3, -0.25) is 4.68 Å². The van der Waals surface area contributed by atoms with Crippen LogP contribution in [0.3, 0.4) is 0 Å². The maximum Gasteiger partial charge on any atom is 0.0631 e. The Morgan fingerprint density at radius 2 is 2.29 bits per heavy atom. The van der Waals surface area contributed by atoms with E-state index in [1.807, 2.05) is 11.7 Å². The third-order valence-corrected chi connectivity index (χ3v) is 3.78. The van der Waals surface area contributed by atoms with Crippen molar-refractivity contribution < 1.29 is 0 Å². The first kappa shape index (κ1) is 12.6. The van der Waals surface area contributed by atoms with Gasteiger partial charge in [-0.2, -0.15) is 5.10 Å². The second-order valence-electron chi connectivity index (χ2n) is 5.40. The molecule has 1 aromatic rings. The summed E-state index contributed by atoms with van der Waals surface area (Å²) in [4.78, 5) is 2.55. The summed E-state index contributed by atoms with van der Waals surface area (Å²) >= 11 is 0. The number of nitrogens with zero attached hydrogens (tertiary/aromatic N) is 3. The molecule has 4 heteroatoms. The van der Waals surface area contributed by atoms with E-state index in [-0.39, 0.29) is 0 Å². The number of hydrogen-bond donors (Lipinski definition) is 1. The monoisotopic (exact) mass is 236 g/mol. The van der Waals surface area contributed by atoms with Crippen molar-refractivity contribution in [3.05, 3.63) is 17.5 Å². The molecule has 0 amide bonds. The minimum Gasteiger partial charge on any atom is -0.325 e. The molecule has 4 nitrogen and oxygen atoms in total. The summed E-state index contributed by atoms with van der Waals surface area (Å²) in [5.74, 6) is 0.762. The van der Waals surface area contributed by atoms with E-state index in [0.717, 1.165) is 18.0 Å². The third-order valence-electron chi connectivity index (χ3n) is 3.78. The van der Waals surface area contributed by atoms with Gasteiger partial charge in [0.25, 0.3) is 0 Å². The molecule has 1 aliphatic rings. The normalized spacial score (nSPS) is 21.6. The zero-order chi connectivity index (χ0) is 12.4. The SMILES string of the molecule is CC(C)N1CCC(Cc2cc(CN)n(C)n2)C1. The summed E-state index contributed by atoms with van der Waals surface area (Å²) in [6, 6.07) is 2.82. The standard InChI is InChI=1S/C13H24N4/c1-10(2)17-5-4-11(9-17)6-12-7-13(8-14)16(3)15-12/h7,10-11H,4-6,8-9,14H2,1-3H3. The predicted molar refractivity (Wildman–Crippen MR) is 69.6 cm³/mol. The van der Waals surface area contributed by atoms with Crippen LogP contribution in [0.15, 0.2) is 6.07 Å². The number of nitrogens with two attached hydrogens (primary N) is 1. The largest absolute Gasteiger partial charge is 0.325 e. The summed E-state index contributed by atoms with van der Waals surface area (Å²) < 4.78 is 1.91. The Labute approximate surface area is 104 Å². The van der Waals surface area contributed by atoms with E-state index in [1.54, 1.807) is 0 Å². The number of aryl methyl sites for hydroxylation is 1. The highest BCUT2D eigenvalue weighted by molar-refractivity contribution is 5.11. The fraction of sp³-hybridized carbons (Fsp3) is 0.769. The van der Waals surface area contributed by atoms with Crippen molar-refractivity contribution in [3.63, 3.8) is 0 Å². The van der Waals surface area contributed by atoms with Gasteiger partial charge in [0.05, 0.1) is 11.4 Å². The lowest BCUT2D eigenvalue weighted by Gasteiger charge is -2.19. The van der Waals surface area contributed by atoms with Crippen molar-refractivity contribution in [1.82, 2.24) is 14.7 Å². The van der Waals surface area contributed by atoms with E-state index in [1.165, 1.54) is 25.2 Å². The quantitative estimate of drug-likeness (QED) is 0.853. The Balaban J connectivity index is 1.93. The summed E-state index contributed by atoms with van der Waals surface area (Å²) in [5, 5.41) is 4.53. The molecule has 2 heterocycles. The summed E-state index contributed by atoms with van der Waals surface area (Å²) in [5.41, 5.74) is 7.99. The van der Waals surface area contributed by atoms with Crippen LogP contribution in [0.1, 0.15) is 31.7 Å². The van der Waals surface area contributed by atoms with Gasteiger partial charge in [-0.15, -0.1) is 0 Å². The van der Waals surface area contributed by atoms with Gasteiger partial charge in [-0.05, 0) is 45.2 Å². The first-order chi connectivity index (χ1) is 8.10. The van der Waals surface area contributed by atoms with Crippen LogP contribution in [0.4, 0.5) is 0 Å². The lowest BCUT2D eigenvalue weighted by atomic mass is 10.0. The molecular weight excluding hydrogens is 212 g/mol. The van der Waals surface area contributed by atoms with Crippen LogP contribution in [0.25, 0.3) is 0 Å². The number of rotatable bonds is 4. The zero-order valence-electron chi connectivity index (χ0n) is 11.2. The van der Waals surface area contributed by atoms with Crippen LogP contribution in [-0.2, 0) is 20.0 Å².